The summed E-state index contributed by atoms with van der Waals surface area (Å²) in [7, 11) is 0. The number of likely N-dealkylation sites (tertiary alicyclic amines) is 1. The molecule has 2 amide bonds. The second-order valence-electron chi connectivity index (χ2n) is 6.32. The minimum Gasteiger partial charge on any atom is -0.342 e. The number of piperidine rings is 1. The molecule has 1 atom stereocenters. The Bertz CT molecular complexity index is 539. The van der Waals surface area contributed by atoms with Crippen LogP contribution in [-0.2, 0) is 9.59 Å². The van der Waals surface area contributed by atoms with Crippen LogP contribution in [0.15, 0.2) is 30.3 Å². The molecule has 1 heterocycles. The van der Waals surface area contributed by atoms with Gasteiger partial charge in [-0.1, -0.05) is 18.2 Å². The number of anilines is 1. The Balaban J connectivity index is 1.68. The summed E-state index contributed by atoms with van der Waals surface area (Å²) in [6.07, 6.45) is 3.87. The third-order valence-electron chi connectivity index (χ3n) is 4.66. The predicted octanol–water partition coefficient (Wildman–Crippen LogP) is 2.69. The average Bonchev–Trinajstić information content (AvgIpc) is 3.41. The topological polar surface area (TPSA) is 40.6 Å². The van der Waals surface area contributed by atoms with Gasteiger partial charge >= 0.3 is 0 Å². The number of benzene rings is 1. The average molecular weight is 300 g/mol. The lowest BCUT2D eigenvalue weighted by Gasteiger charge is -2.35. The largest absolute Gasteiger partial charge is 0.342 e. The van der Waals surface area contributed by atoms with E-state index in [1.165, 1.54) is 0 Å². The van der Waals surface area contributed by atoms with Gasteiger partial charge in [0.15, 0.2) is 0 Å². The standard InChI is InChI=1S/C18H24N2O2/c1-2-20(16-8-4-3-5-9-16)18(22)15-7-6-12-19(13-15)17(21)14-10-11-14/h3-5,8-9,14-15H,2,6-7,10-13H2,1H3. The normalized spacial score (nSPS) is 21.5. The molecule has 0 aromatic heterocycles. The van der Waals surface area contributed by atoms with E-state index < -0.39 is 0 Å². The third kappa shape index (κ3) is 3.16. The van der Waals surface area contributed by atoms with Crippen molar-refractivity contribution in [3.63, 3.8) is 0 Å². The molecule has 2 fully saturated rings. The summed E-state index contributed by atoms with van der Waals surface area (Å²) in [6.45, 7) is 4.07. The molecule has 0 N–H and O–H groups in total. The fourth-order valence-corrected chi connectivity index (χ4v) is 3.26. The number of hydrogen-bond acceptors (Lipinski definition) is 2. The maximum atomic E-state index is 12.9. The lowest BCUT2D eigenvalue weighted by Crippen LogP contribution is -2.47. The number of para-hydroxylation sites is 1. The second-order valence-corrected chi connectivity index (χ2v) is 6.32. The van der Waals surface area contributed by atoms with E-state index in [1.54, 1.807) is 0 Å². The molecule has 4 heteroatoms. The van der Waals surface area contributed by atoms with Crippen molar-refractivity contribution in [3.05, 3.63) is 30.3 Å². The molecule has 1 aliphatic carbocycles. The van der Waals surface area contributed by atoms with E-state index in [1.807, 2.05) is 47.1 Å². The molecule has 3 rings (SSSR count). The van der Waals surface area contributed by atoms with Crippen LogP contribution in [0.1, 0.15) is 32.6 Å². The van der Waals surface area contributed by atoms with E-state index in [-0.39, 0.29) is 23.7 Å². The first-order chi connectivity index (χ1) is 10.7. The molecule has 118 valence electrons. The summed E-state index contributed by atoms with van der Waals surface area (Å²) >= 11 is 0. The number of nitrogens with zero attached hydrogens (tertiary/aromatic N) is 2. The van der Waals surface area contributed by atoms with Crippen molar-refractivity contribution in [2.45, 2.75) is 32.6 Å². The number of carbonyl (C=O) groups excluding carboxylic acids is 2. The first-order valence-electron chi connectivity index (χ1n) is 8.36. The Morgan fingerprint density at radius 2 is 1.86 bits per heavy atom. The maximum Gasteiger partial charge on any atom is 0.231 e. The van der Waals surface area contributed by atoms with Gasteiger partial charge in [0, 0.05) is 31.2 Å². The summed E-state index contributed by atoms with van der Waals surface area (Å²) in [5.41, 5.74) is 0.945. The van der Waals surface area contributed by atoms with E-state index in [9.17, 15) is 9.59 Å². The molecule has 0 bridgehead atoms. The van der Waals surface area contributed by atoms with Crippen LogP contribution in [0.3, 0.4) is 0 Å². The zero-order chi connectivity index (χ0) is 15.5. The molecule has 1 aromatic carbocycles. The highest BCUT2D eigenvalue weighted by atomic mass is 16.2. The van der Waals surface area contributed by atoms with E-state index in [4.69, 9.17) is 0 Å². The van der Waals surface area contributed by atoms with Gasteiger partial charge in [0.2, 0.25) is 11.8 Å². The predicted molar refractivity (Wildman–Crippen MR) is 86.5 cm³/mol. The van der Waals surface area contributed by atoms with Gasteiger partial charge in [-0.2, -0.15) is 0 Å². The molecule has 1 aliphatic heterocycles. The maximum absolute atomic E-state index is 12.9. The van der Waals surface area contributed by atoms with Crippen LogP contribution in [-0.4, -0.2) is 36.3 Å². The quantitative estimate of drug-likeness (QED) is 0.858. The van der Waals surface area contributed by atoms with Crippen LogP contribution >= 0.6 is 0 Å². The van der Waals surface area contributed by atoms with Crippen LogP contribution in [0, 0.1) is 11.8 Å². The summed E-state index contributed by atoms with van der Waals surface area (Å²) in [4.78, 5) is 28.9. The van der Waals surface area contributed by atoms with Gasteiger partial charge in [-0.3, -0.25) is 9.59 Å². The van der Waals surface area contributed by atoms with Crippen LogP contribution in [0.25, 0.3) is 0 Å². The van der Waals surface area contributed by atoms with Gasteiger partial charge in [-0.05, 0) is 44.7 Å². The molecule has 1 saturated heterocycles. The summed E-state index contributed by atoms with van der Waals surface area (Å²) in [5.74, 6) is 0.601. The molecule has 1 saturated carbocycles. The monoisotopic (exact) mass is 300 g/mol. The highest BCUT2D eigenvalue weighted by Crippen LogP contribution is 2.33. The Morgan fingerprint density at radius 1 is 1.14 bits per heavy atom. The Labute approximate surface area is 132 Å². The smallest absolute Gasteiger partial charge is 0.231 e. The van der Waals surface area contributed by atoms with Crippen molar-refractivity contribution in [3.8, 4) is 0 Å². The molecule has 0 spiro atoms. The van der Waals surface area contributed by atoms with Gasteiger partial charge in [-0.15, -0.1) is 0 Å². The van der Waals surface area contributed by atoms with Crippen LogP contribution in [0.5, 0.6) is 0 Å². The third-order valence-corrected chi connectivity index (χ3v) is 4.66. The molecular formula is C18H24N2O2. The Hall–Kier alpha value is -1.84. The van der Waals surface area contributed by atoms with Crippen molar-refractivity contribution < 1.29 is 9.59 Å². The molecule has 22 heavy (non-hydrogen) atoms. The van der Waals surface area contributed by atoms with E-state index in [0.29, 0.717) is 13.1 Å². The number of rotatable bonds is 4. The van der Waals surface area contributed by atoms with Crippen LogP contribution in [0.4, 0.5) is 5.69 Å². The minimum absolute atomic E-state index is 0.0587. The molecular weight excluding hydrogens is 276 g/mol. The lowest BCUT2D eigenvalue weighted by atomic mass is 9.95. The molecule has 0 radical (unpaired) electrons. The second kappa shape index (κ2) is 6.51. The molecule has 4 nitrogen and oxygen atoms in total. The van der Waals surface area contributed by atoms with Gasteiger partial charge in [-0.25, -0.2) is 0 Å². The van der Waals surface area contributed by atoms with Gasteiger partial charge in [0.25, 0.3) is 0 Å². The summed E-state index contributed by atoms with van der Waals surface area (Å²) < 4.78 is 0. The van der Waals surface area contributed by atoms with Gasteiger partial charge < -0.3 is 9.80 Å². The van der Waals surface area contributed by atoms with Crippen molar-refractivity contribution in [2.24, 2.45) is 11.8 Å². The first-order valence-corrected chi connectivity index (χ1v) is 8.36. The Morgan fingerprint density at radius 3 is 2.50 bits per heavy atom. The highest BCUT2D eigenvalue weighted by Gasteiger charge is 2.37. The van der Waals surface area contributed by atoms with Crippen molar-refractivity contribution in [1.29, 1.82) is 0 Å². The van der Waals surface area contributed by atoms with Crippen molar-refractivity contribution >= 4 is 17.5 Å². The first kappa shape index (κ1) is 15.1. The fraction of sp³-hybridized carbons (Fsp3) is 0.556. The fourth-order valence-electron chi connectivity index (χ4n) is 3.26. The van der Waals surface area contributed by atoms with Gasteiger partial charge in [0.05, 0.1) is 5.92 Å². The Kier molecular flexibility index (Phi) is 4.46. The number of hydrogen-bond donors (Lipinski definition) is 0. The van der Waals surface area contributed by atoms with Crippen molar-refractivity contribution in [2.75, 3.05) is 24.5 Å². The SMILES string of the molecule is CCN(C(=O)C1CCCN(C(=O)C2CC2)C1)c1ccccc1. The number of amides is 2. The molecule has 1 aromatic rings. The lowest BCUT2D eigenvalue weighted by molar-refractivity contribution is -0.136. The van der Waals surface area contributed by atoms with Crippen molar-refractivity contribution in [1.82, 2.24) is 4.90 Å². The molecule has 1 unspecified atom stereocenters. The zero-order valence-corrected chi connectivity index (χ0v) is 13.2. The molecule has 2 aliphatic rings. The highest BCUT2D eigenvalue weighted by molar-refractivity contribution is 5.95. The van der Waals surface area contributed by atoms with E-state index in [0.717, 1.165) is 37.9 Å². The number of carbonyl (C=O) groups is 2. The summed E-state index contributed by atoms with van der Waals surface area (Å²) in [6, 6.07) is 9.80. The van der Waals surface area contributed by atoms with Gasteiger partial charge in [0.1, 0.15) is 0 Å². The zero-order valence-electron chi connectivity index (χ0n) is 13.2. The van der Waals surface area contributed by atoms with Crippen LogP contribution < -0.4 is 4.90 Å². The van der Waals surface area contributed by atoms with E-state index in [2.05, 4.69) is 0 Å². The minimum atomic E-state index is -0.0587. The van der Waals surface area contributed by atoms with Crippen LogP contribution in [0.2, 0.25) is 0 Å². The van der Waals surface area contributed by atoms with E-state index >= 15 is 0 Å². The summed E-state index contributed by atoms with van der Waals surface area (Å²) in [5, 5.41) is 0.